The van der Waals surface area contributed by atoms with Crippen LogP contribution in [-0.4, -0.2) is 0 Å². The summed E-state index contributed by atoms with van der Waals surface area (Å²) in [5.41, 5.74) is 8.60. The Hall–Kier alpha value is -1.35. The second-order valence-corrected chi connectivity index (χ2v) is 5.39. The Morgan fingerprint density at radius 1 is 0.947 bits per heavy atom. The fourth-order valence-electron chi connectivity index (χ4n) is 2.28. The molecule has 0 spiro atoms. The van der Waals surface area contributed by atoms with Crippen molar-refractivity contribution in [3.05, 3.63) is 69.2 Å². The van der Waals surface area contributed by atoms with Gasteiger partial charge in [-0.2, -0.15) is 0 Å². The molecule has 0 aliphatic carbocycles. The molecule has 0 heterocycles. The Bertz CT molecular complexity index is 593. The van der Waals surface area contributed by atoms with Crippen LogP contribution in [0.4, 0.5) is 0 Å². The molecule has 0 saturated carbocycles. The molecule has 3 heteroatoms. The molecule has 0 fully saturated rings. The lowest BCUT2D eigenvalue weighted by Gasteiger charge is -2.21. The molecule has 0 radical (unpaired) electrons. The highest BCUT2D eigenvalue weighted by Gasteiger charge is 2.17. The van der Waals surface area contributed by atoms with Crippen molar-refractivity contribution in [2.75, 3.05) is 0 Å². The highest BCUT2D eigenvalue weighted by molar-refractivity contribution is 6.31. The number of hydrogen-bond acceptors (Lipinski definition) is 2. The van der Waals surface area contributed by atoms with Crippen molar-refractivity contribution < 1.29 is 0 Å². The van der Waals surface area contributed by atoms with Crippen LogP contribution >= 0.6 is 11.6 Å². The minimum absolute atomic E-state index is 0.0898. The van der Waals surface area contributed by atoms with Crippen LogP contribution in [-0.2, 0) is 0 Å². The zero-order valence-corrected chi connectivity index (χ0v) is 12.3. The summed E-state index contributed by atoms with van der Waals surface area (Å²) < 4.78 is 0. The molecule has 0 aliphatic rings. The summed E-state index contributed by atoms with van der Waals surface area (Å²) in [6.45, 7) is 6.19. The van der Waals surface area contributed by atoms with E-state index in [-0.39, 0.29) is 6.04 Å². The van der Waals surface area contributed by atoms with Gasteiger partial charge in [-0.15, -0.1) is 0 Å². The molecule has 2 rings (SSSR count). The van der Waals surface area contributed by atoms with Crippen LogP contribution in [0.2, 0.25) is 5.02 Å². The van der Waals surface area contributed by atoms with Gasteiger partial charge in [0.15, 0.2) is 0 Å². The maximum absolute atomic E-state index is 6.35. The molecule has 2 aromatic rings. The number of benzene rings is 2. The molecule has 2 aromatic carbocycles. The molecular formula is C16H19ClN2. The number of hydrogen-bond donors (Lipinski definition) is 2. The first-order valence-corrected chi connectivity index (χ1v) is 6.70. The van der Waals surface area contributed by atoms with E-state index in [1.165, 1.54) is 11.1 Å². The van der Waals surface area contributed by atoms with E-state index in [9.17, 15) is 0 Å². The molecular weight excluding hydrogens is 256 g/mol. The molecule has 1 atom stereocenters. The van der Waals surface area contributed by atoms with Gasteiger partial charge in [0.1, 0.15) is 0 Å². The van der Waals surface area contributed by atoms with Crippen molar-refractivity contribution in [2.24, 2.45) is 5.84 Å². The fraction of sp³-hybridized carbons (Fsp3) is 0.250. The van der Waals surface area contributed by atoms with Crippen LogP contribution in [0.1, 0.15) is 33.9 Å². The molecule has 0 aromatic heterocycles. The Kier molecular flexibility index (Phi) is 4.25. The average Bonchev–Trinajstić information content (AvgIpc) is 2.36. The number of rotatable bonds is 3. The summed E-state index contributed by atoms with van der Waals surface area (Å²) >= 11 is 6.35. The Balaban J connectivity index is 2.52. The third-order valence-electron chi connectivity index (χ3n) is 3.38. The van der Waals surface area contributed by atoms with Crippen molar-refractivity contribution in [1.29, 1.82) is 0 Å². The van der Waals surface area contributed by atoms with E-state index in [0.717, 1.165) is 21.7 Å². The van der Waals surface area contributed by atoms with E-state index in [2.05, 4.69) is 43.5 Å². The van der Waals surface area contributed by atoms with E-state index >= 15 is 0 Å². The smallest absolute Gasteiger partial charge is 0.0727 e. The predicted molar refractivity (Wildman–Crippen MR) is 81.3 cm³/mol. The standard InChI is InChI=1S/C16H19ClN2/c1-10-4-6-12(3)14(8-10)16(19-18)13-7-5-11(2)9-15(13)17/h4-9,16,19H,18H2,1-3H3. The van der Waals surface area contributed by atoms with Crippen LogP contribution < -0.4 is 11.3 Å². The molecule has 0 bridgehead atoms. The van der Waals surface area contributed by atoms with Gasteiger partial charge in [-0.05, 0) is 49.1 Å². The van der Waals surface area contributed by atoms with Gasteiger partial charge in [-0.25, -0.2) is 5.43 Å². The predicted octanol–water partition coefficient (Wildman–Crippen LogP) is 3.82. The quantitative estimate of drug-likeness (QED) is 0.660. The largest absolute Gasteiger partial charge is 0.271 e. The van der Waals surface area contributed by atoms with Crippen molar-refractivity contribution in [2.45, 2.75) is 26.8 Å². The van der Waals surface area contributed by atoms with Gasteiger partial charge in [0.2, 0.25) is 0 Å². The first-order valence-electron chi connectivity index (χ1n) is 6.32. The summed E-state index contributed by atoms with van der Waals surface area (Å²) in [7, 11) is 0. The summed E-state index contributed by atoms with van der Waals surface area (Å²) in [6.07, 6.45) is 0. The summed E-state index contributed by atoms with van der Waals surface area (Å²) in [4.78, 5) is 0. The van der Waals surface area contributed by atoms with E-state index in [0.29, 0.717) is 0 Å². The van der Waals surface area contributed by atoms with Gasteiger partial charge < -0.3 is 0 Å². The van der Waals surface area contributed by atoms with Crippen LogP contribution in [0.3, 0.4) is 0 Å². The SMILES string of the molecule is Cc1ccc(C(NN)c2cc(C)ccc2C)c(Cl)c1. The molecule has 0 saturated heterocycles. The average molecular weight is 275 g/mol. The second-order valence-electron chi connectivity index (χ2n) is 4.98. The monoisotopic (exact) mass is 274 g/mol. The Morgan fingerprint density at radius 2 is 1.58 bits per heavy atom. The zero-order chi connectivity index (χ0) is 14.0. The Morgan fingerprint density at radius 3 is 2.21 bits per heavy atom. The number of hydrazine groups is 1. The lowest BCUT2D eigenvalue weighted by atomic mass is 9.93. The van der Waals surface area contributed by atoms with E-state index < -0.39 is 0 Å². The van der Waals surface area contributed by atoms with E-state index in [1.54, 1.807) is 0 Å². The number of nitrogens with two attached hydrogens (primary N) is 1. The first kappa shape index (κ1) is 14.1. The van der Waals surface area contributed by atoms with Crippen LogP contribution in [0.25, 0.3) is 0 Å². The second kappa shape index (κ2) is 5.74. The van der Waals surface area contributed by atoms with Gasteiger partial charge in [0.05, 0.1) is 6.04 Å². The molecule has 0 amide bonds. The minimum Gasteiger partial charge on any atom is -0.271 e. The van der Waals surface area contributed by atoms with Gasteiger partial charge in [0.25, 0.3) is 0 Å². The topological polar surface area (TPSA) is 38.0 Å². The van der Waals surface area contributed by atoms with Gasteiger partial charge >= 0.3 is 0 Å². The summed E-state index contributed by atoms with van der Waals surface area (Å²) in [5, 5.41) is 0.740. The van der Waals surface area contributed by atoms with Crippen LogP contribution in [0.15, 0.2) is 36.4 Å². The van der Waals surface area contributed by atoms with E-state index in [4.69, 9.17) is 17.4 Å². The number of halogens is 1. The maximum atomic E-state index is 6.35. The molecule has 1 unspecified atom stereocenters. The molecule has 19 heavy (non-hydrogen) atoms. The minimum atomic E-state index is -0.0898. The lowest BCUT2D eigenvalue weighted by Crippen LogP contribution is -2.29. The lowest BCUT2D eigenvalue weighted by molar-refractivity contribution is 0.633. The maximum Gasteiger partial charge on any atom is 0.0727 e. The van der Waals surface area contributed by atoms with Gasteiger partial charge in [-0.3, -0.25) is 5.84 Å². The summed E-state index contributed by atoms with van der Waals surface area (Å²) in [5.74, 6) is 5.75. The van der Waals surface area contributed by atoms with Gasteiger partial charge in [-0.1, -0.05) is 47.5 Å². The van der Waals surface area contributed by atoms with Crippen molar-refractivity contribution in [1.82, 2.24) is 5.43 Å². The molecule has 3 N–H and O–H groups in total. The third-order valence-corrected chi connectivity index (χ3v) is 3.71. The normalized spacial score (nSPS) is 12.5. The highest BCUT2D eigenvalue weighted by atomic mass is 35.5. The molecule has 2 nitrogen and oxygen atoms in total. The molecule has 100 valence electrons. The number of nitrogens with one attached hydrogen (secondary N) is 1. The van der Waals surface area contributed by atoms with Crippen LogP contribution in [0, 0.1) is 20.8 Å². The Labute approximate surface area is 119 Å². The highest BCUT2D eigenvalue weighted by Crippen LogP contribution is 2.30. The summed E-state index contributed by atoms with van der Waals surface area (Å²) in [6, 6.07) is 12.3. The van der Waals surface area contributed by atoms with Crippen molar-refractivity contribution >= 4 is 11.6 Å². The zero-order valence-electron chi connectivity index (χ0n) is 11.5. The third kappa shape index (κ3) is 2.98. The van der Waals surface area contributed by atoms with Gasteiger partial charge in [0, 0.05) is 5.02 Å². The van der Waals surface area contributed by atoms with Crippen LogP contribution in [0.5, 0.6) is 0 Å². The fourth-order valence-corrected chi connectivity index (χ4v) is 2.63. The molecule has 0 aliphatic heterocycles. The van der Waals surface area contributed by atoms with Crippen molar-refractivity contribution in [3.8, 4) is 0 Å². The van der Waals surface area contributed by atoms with Crippen molar-refractivity contribution in [3.63, 3.8) is 0 Å². The first-order chi connectivity index (χ1) is 9.02. The van der Waals surface area contributed by atoms with E-state index in [1.807, 2.05) is 19.1 Å². The number of aryl methyl sites for hydroxylation is 3.